The van der Waals surface area contributed by atoms with Crippen LogP contribution in [-0.2, 0) is 24.8 Å². The lowest BCUT2D eigenvalue weighted by atomic mass is 9.86. The van der Waals surface area contributed by atoms with Crippen LogP contribution in [0.25, 0.3) is 0 Å². The standard InChI is InChI=1S/C31H41N3O2.2ClH/c1-23-28(21-24-13-15-26(16-14-24)31(2,3)4)30(35)33-29(32-23)12-9-19-36-27-11-8-10-25(20-27)22-34-17-6-5-7-18-34;;/h8,10-11,13-16,20H,5-7,9,12,17-19,21-22H2,1-4H3,(H,32,33,35);2*1H. The molecule has 1 fully saturated rings. The molecule has 2 heterocycles. The molecule has 3 aromatic rings. The number of aromatic nitrogens is 2. The van der Waals surface area contributed by atoms with Gasteiger partial charge in [0.1, 0.15) is 11.6 Å². The molecule has 2 aromatic carbocycles. The molecule has 0 amide bonds. The van der Waals surface area contributed by atoms with Crippen molar-refractivity contribution in [2.75, 3.05) is 19.7 Å². The van der Waals surface area contributed by atoms with Crippen LogP contribution in [0.2, 0.25) is 0 Å². The minimum absolute atomic E-state index is 0. The fourth-order valence-corrected chi connectivity index (χ4v) is 4.86. The second-order valence-corrected chi connectivity index (χ2v) is 11.1. The summed E-state index contributed by atoms with van der Waals surface area (Å²) in [6.07, 6.45) is 6.04. The van der Waals surface area contributed by atoms with Gasteiger partial charge in [-0.15, -0.1) is 24.8 Å². The van der Waals surface area contributed by atoms with Crippen LogP contribution in [-0.4, -0.2) is 34.6 Å². The van der Waals surface area contributed by atoms with Crippen molar-refractivity contribution in [3.8, 4) is 5.75 Å². The first-order valence-electron chi connectivity index (χ1n) is 13.4. The third-order valence-corrected chi connectivity index (χ3v) is 7.05. The van der Waals surface area contributed by atoms with Gasteiger partial charge in [-0.2, -0.15) is 0 Å². The lowest BCUT2D eigenvalue weighted by Crippen LogP contribution is -2.29. The van der Waals surface area contributed by atoms with Crippen LogP contribution in [0.15, 0.2) is 53.3 Å². The van der Waals surface area contributed by atoms with Gasteiger partial charge in [0, 0.05) is 30.6 Å². The summed E-state index contributed by atoms with van der Waals surface area (Å²) in [4.78, 5) is 23.0. The molecule has 0 bridgehead atoms. The smallest absolute Gasteiger partial charge is 0.254 e. The normalized spacial score (nSPS) is 13.9. The molecule has 38 heavy (non-hydrogen) atoms. The number of H-pyrrole nitrogens is 1. The Morgan fingerprint density at radius 3 is 2.34 bits per heavy atom. The summed E-state index contributed by atoms with van der Waals surface area (Å²) < 4.78 is 6.02. The molecule has 0 aliphatic carbocycles. The molecule has 0 unspecified atom stereocenters. The molecule has 7 heteroatoms. The molecular formula is C31H43Cl2N3O2. The van der Waals surface area contributed by atoms with Crippen molar-refractivity contribution >= 4 is 24.8 Å². The summed E-state index contributed by atoms with van der Waals surface area (Å²) in [6, 6.07) is 17.0. The predicted octanol–water partition coefficient (Wildman–Crippen LogP) is 6.81. The number of nitrogens with one attached hydrogen (secondary N) is 1. The second kappa shape index (κ2) is 14.7. The van der Waals surface area contributed by atoms with Crippen molar-refractivity contribution in [1.29, 1.82) is 0 Å². The minimum Gasteiger partial charge on any atom is -0.494 e. The lowest BCUT2D eigenvalue weighted by molar-refractivity contribution is 0.220. The molecular weight excluding hydrogens is 517 g/mol. The van der Waals surface area contributed by atoms with Gasteiger partial charge in [-0.3, -0.25) is 9.69 Å². The van der Waals surface area contributed by atoms with Crippen molar-refractivity contribution in [3.05, 3.63) is 92.7 Å². The zero-order valence-corrected chi connectivity index (χ0v) is 24.9. The molecule has 0 spiro atoms. The first-order chi connectivity index (χ1) is 17.3. The largest absolute Gasteiger partial charge is 0.494 e. The number of aromatic amines is 1. The average molecular weight is 561 g/mol. The topological polar surface area (TPSA) is 58.2 Å². The maximum Gasteiger partial charge on any atom is 0.254 e. The van der Waals surface area contributed by atoms with E-state index in [4.69, 9.17) is 9.72 Å². The van der Waals surface area contributed by atoms with Gasteiger partial charge in [-0.1, -0.05) is 63.6 Å². The lowest BCUT2D eigenvalue weighted by Gasteiger charge is -2.26. The summed E-state index contributed by atoms with van der Waals surface area (Å²) in [5.74, 6) is 1.64. The van der Waals surface area contributed by atoms with Crippen LogP contribution >= 0.6 is 24.8 Å². The zero-order valence-electron chi connectivity index (χ0n) is 23.2. The number of rotatable bonds is 9. The Morgan fingerprint density at radius 2 is 1.68 bits per heavy atom. The van der Waals surface area contributed by atoms with E-state index in [-0.39, 0.29) is 35.8 Å². The van der Waals surface area contributed by atoms with E-state index in [1.165, 1.54) is 43.5 Å². The van der Waals surface area contributed by atoms with Gasteiger partial charge in [0.05, 0.1) is 6.61 Å². The maximum absolute atomic E-state index is 12.8. The van der Waals surface area contributed by atoms with E-state index in [1.807, 2.05) is 13.0 Å². The fourth-order valence-electron chi connectivity index (χ4n) is 4.86. The van der Waals surface area contributed by atoms with Crippen LogP contribution in [0.5, 0.6) is 5.75 Å². The molecule has 5 nitrogen and oxygen atoms in total. The molecule has 1 aliphatic heterocycles. The van der Waals surface area contributed by atoms with Gasteiger partial charge in [0.15, 0.2) is 0 Å². The van der Waals surface area contributed by atoms with E-state index in [1.54, 1.807) is 0 Å². The highest BCUT2D eigenvalue weighted by Gasteiger charge is 2.14. The Morgan fingerprint density at radius 1 is 0.974 bits per heavy atom. The quantitative estimate of drug-likeness (QED) is 0.292. The molecule has 0 atom stereocenters. The average Bonchev–Trinajstić information content (AvgIpc) is 2.85. The number of benzene rings is 2. The molecule has 1 aromatic heterocycles. The summed E-state index contributed by atoms with van der Waals surface area (Å²) in [6.45, 7) is 12.5. The van der Waals surface area contributed by atoms with Crippen LogP contribution in [0.4, 0.5) is 0 Å². The van der Waals surface area contributed by atoms with Gasteiger partial charge in [-0.25, -0.2) is 4.98 Å². The highest BCUT2D eigenvalue weighted by Crippen LogP contribution is 2.23. The first kappa shape index (κ1) is 31.9. The SMILES string of the molecule is Cc1nc(CCCOc2cccc(CN3CCCCC3)c2)[nH]c(=O)c1Cc1ccc(C(C)(C)C)cc1.Cl.Cl. The van der Waals surface area contributed by atoms with E-state index in [0.717, 1.165) is 41.4 Å². The Balaban J connectivity index is 0.00000253. The molecule has 4 rings (SSSR count). The van der Waals surface area contributed by atoms with Gasteiger partial charge in [0.2, 0.25) is 0 Å². The van der Waals surface area contributed by atoms with Gasteiger partial charge >= 0.3 is 0 Å². The monoisotopic (exact) mass is 559 g/mol. The van der Waals surface area contributed by atoms with Crippen molar-refractivity contribution in [2.45, 2.75) is 78.2 Å². The number of hydrogen-bond donors (Lipinski definition) is 1. The van der Waals surface area contributed by atoms with E-state index < -0.39 is 0 Å². The highest BCUT2D eigenvalue weighted by molar-refractivity contribution is 5.85. The molecule has 1 saturated heterocycles. The summed E-state index contributed by atoms with van der Waals surface area (Å²) in [7, 11) is 0. The predicted molar refractivity (Wildman–Crippen MR) is 161 cm³/mol. The number of piperidine rings is 1. The minimum atomic E-state index is -0.0382. The van der Waals surface area contributed by atoms with E-state index in [0.29, 0.717) is 19.4 Å². The zero-order chi connectivity index (χ0) is 25.5. The van der Waals surface area contributed by atoms with Crippen LogP contribution < -0.4 is 10.3 Å². The van der Waals surface area contributed by atoms with E-state index >= 15 is 0 Å². The van der Waals surface area contributed by atoms with Gasteiger partial charge < -0.3 is 9.72 Å². The van der Waals surface area contributed by atoms with Crippen molar-refractivity contribution in [2.24, 2.45) is 0 Å². The summed E-state index contributed by atoms with van der Waals surface area (Å²) >= 11 is 0. The van der Waals surface area contributed by atoms with Crippen molar-refractivity contribution in [3.63, 3.8) is 0 Å². The van der Waals surface area contributed by atoms with Gasteiger partial charge in [-0.05, 0) is 73.5 Å². The second-order valence-electron chi connectivity index (χ2n) is 11.1. The van der Waals surface area contributed by atoms with E-state index in [2.05, 4.69) is 73.1 Å². The van der Waals surface area contributed by atoms with Crippen LogP contribution in [0, 0.1) is 6.92 Å². The van der Waals surface area contributed by atoms with Gasteiger partial charge in [0.25, 0.3) is 5.56 Å². The number of nitrogens with zero attached hydrogens (tertiary/aromatic N) is 2. The molecule has 1 N–H and O–H groups in total. The first-order valence-corrected chi connectivity index (χ1v) is 13.4. The number of hydrogen-bond acceptors (Lipinski definition) is 4. The fraction of sp³-hybridized carbons (Fsp3) is 0.484. The molecule has 1 aliphatic rings. The van der Waals surface area contributed by atoms with Crippen LogP contribution in [0.1, 0.15) is 80.2 Å². The highest BCUT2D eigenvalue weighted by atomic mass is 35.5. The Hall–Kier alpha value is -2.34. The number of ether oxygens (including phenoxy) is 1. The summed E-state index contributed by atoms with van der Waals surface area (Å²) in [5, 5.41) is 0. The molecule has 0 saturated carbocycles. The third kappa shape index (κ3) is 9.14. The molecule has 0 radical (unpaired) electrons. The number of halogens is 2. The summed E-state index contributed by atoms with van der Waals surface area (Å²) in [5.41, 5.74) is 5.35. The van der Waals surface area contributed by atoms with Crippen LogP contribution in [0.3, 0.4) is 0 Å². The van der Waals surface area contributed by atoms with E-state index in [9.17, 15) is 4.79 Å². The Labute approximate surface area is 240 Å². The third-order valence-electron chi connectivity index (χ3n) is 7.05. The Kier molecular flexibility index (Phi) is 12.3. The van der Waals surface area contributed by atoms with Crippen molar-refractivity contribution in [1.82, 2.24) is 14.9 Å². The number of aryl methyl sites for hydroxylation is 2. The number of likely N-dealkylation sites (tertiary alicyclic amines) is 1. The molecule has 208 valence electrons. The Bertz CT molecular complexity index is 1200. The van der Waals surface area contributed by atoms with Crippen molar-refractivity contribution < 1.29 is 4.74 Å². The maximum atomic E-state index is 12.8.